The summed E-state index contributed by atoms with van der Waals surface area (Å²) in [6.07, 6.45) is 0. The summed E-state index contributed by atoms with van der Waals surface area (Å²) in [6, 6.07) is 33.9. The first kappa shape index (κ1) is 16.9. The highest BCUT2D eigenvalue weighted by Gasteiger charge is 2.18. The minimum Gasteiger partial charge on any atom is -0.309 e. The van der Waals surface area contributed by atoms with E-state index in [1.54, 1.807) is 0 Å². The molecule has 6 aromatic rings. The molecule has 0 aliphatic heterocycles. The molecule has 4 aromatic carbocycles. The van der Waals surface area contributed by atoms with Crippen molar-refractivity contribution in [2.45, 2.75) is 6.92 Å². The van der Waals surface area contributed by atoms with Gasteiger partial charge in [-0.3, -0.25) is 0 Å². The predicted octanol–water partition coefficient (Wildman–Crippen LogP) is 6.70. The van der Waals surface area contributed by atoms with Crippen LogP contribution in [0.2, 0.25) is 0 Å². The van der Waals surface area contributed by atoms with Gasteiger partial charge < -0.3 is 4.57 Å². The number of nitrogens with zero attached hydrogens (tertiary/aromatic N) is 3. The molecule has 0 fully saturated rings. The van der Waals surface area contributed by atoms with Crippen LogP contribution in [0.15, 0.2) is 97.1 Å². The van der Waals surface area contributed by atoms with Crippen molar-refractivity contribution < 1.29 is 0 Å². The van der Waals surface area contributed by atoms with Gasteiger partial charge in [-0.1, -0.05) is 66.7 Å². The Morgan fingerprint density at radius 1 is 0.600 bits per heavy atom. The topological polar surface area (TPSA) is 30.7 Å². The lowest BCUT2D eigenvalue weighted by atomic mass is 10.0. The van der Waals surface area contributed by atoms with Crippen molar-refractivity contribution in [1.29, 1.82) is 0 Å². The molecule has 6 rings (SSSR count). The van der Waals surface area contributed by atoms with E-state index >= 15 is 0 Å². The maximum atomic E-state index is 4.89. The largest absolute Gasteiger partial charge is 0.309 e. The molecule has 2 heterocycles. The van der Waals surface area contributed by atoms with Crippen LogP contribution >= 0.6 is 0 Å². The maximum Gasteiger partial charge on any atom is 0.126 e. The normalized spacial score (nSPS) is 11.5. The second kappa shape index (κ2) is 6.53. The Balaban J connectivity index is 1.80. The van der Waals surface area contributed by atoms with E-state index in [1.807, 2.05) is 13.0 Å². The molecule has 0 atom stereocenters. The lowest BCUT2D eigenvalue weighted by molar-refractivity contribution is 1.10. The molecule has 0 radical (unpaired) electrons. The SMILES string of the molecule is Cc1nc(-c2cccc3c2c2ccccc2n3-c2ccccc2)c2ccccc2n1. The Hall–Kier alpha value is -3.98. The summed E-state index contributed by atoms with van der Waals surface area (Å²) in [5.74, 6) is 0.785. The number of aromatic nitrogens is 3. The second-order valence-electron chi connectivity index (χ2n) is 7.52. The molecule has 0 N–H and O–H groups in total. The summed E-state index contributed by atoms with van der Waals surface area (Å²) in [4.78, 5) is 9.53. The van der Waals surface area contributed by atoms with Gasteiger partial charge in [-0.05, 0) is 37.3 Å². The first-order valence-electron chi connectivity index (χ1n) is 10.1. The average molecular weight is 385 g/mol. The highest BCUT2D eigenvalue weighted by molar-refractivity contribution is 6.17. The monoisotopic (exact) mass is 385 g/mol. The summed E-state index contributed by atoms with van der Waals surface area (Å²) in [5.41, 5.74) is 6.63. The molecule has 0 spiro atoms. The van der Waals surface area contributed by atoms with Crippen molar-refractivity contribution in [2.24, 2.45) is 0 Å². The zero-order valence-corrected chi connectivity index (χ0v) is 16.6. The third-order valence-corrected chi connectivity index (χ3v) is 5.68. The predicted molar refractivity (Wildman–Crippen MR) is 124 cm³/mol. The van der Waals surface area contributed by atoms with Gasteiger partial charge in [0.2, 0.25) is 0 Å². The first-order valence-corrected chi connectivity index (χ1v) is 10.1. The van der Waals surface area contributed by atoms with Crippen LogP contribution < -0.4 is 0 Å². The van der Waals surface area contributed by atoms with E-state index in [0.717, 1.165) is 33.7 Å². The van der Waals surface area contributed by atoms with Gasteiger partial charge in [-0.2, -0.15) is 0 Å². The fraction of sp³-hybridized carbons (Fsp3) is 0.0370. The van der Waals surface area contributed by atoms with E-state index < -0.39 is 0 Å². The van der Waals surface area contributed by atoms with Gasteiger partial charge in [0.1, 0.15) is 5.82 Å². The van der Waals surface area contributed by atoms with Gasteiger partial charge in [0.25, 0.3) is 0 Å². The quantitative estimate of drug-likeness (QED) is 0.332. The minimum atomic E-state index is 0.785. The molecule has 3 heteroatoms. The molecule has 0 aliphatic carbocycles. The fourth-order valence-electron chi connectivity index (χ4n) is 4.47. The number of benzene rings is 4. The zero-order chi connectivity index (χ0) is 20.1. The standard InChI is InChI=1S/C27H19N3/c1-18-28-23-15-7-5-12-20(23)27(29-18)22-14-9-17-25-26(22)21-13-6-8-16-24(21)30(25)19-10-3-2-4-11-19/h2-17H,1H3. The Kier molecular flexibility index (Phi) is 3.68. The van der Waals surface area contributed by atoms with Crippen LogP contribution in [0, 0.1) is 6.92 Å². The third kappa shape index (κ3) is 2.45. The van der Waals surface area contributed by atoms with Crippen molar-refractivity contribution in [1.82, 2.24) is 14.5 Å². The van der Waals surface area contributed by atoms with Crippen molar-refractivity contribution >= 4 is 32.7 Å². The molecule has 0 unspecified atom stereocenters. The van der Waals surface area contributed by atoms with Crippen molar-refractivity contribution in [3.8, 4) is 16.9 Å². The lowest BCUT2D eigenvalue weighted by Crippen LogP contribution is -1.95. The Morgan fingerprint density at radius 2 is 1.30 bits per heavy atom. The third-order valence-electron chi connectivity index (χ3n) is 5.68. The van der Waals surface area contributed by atoms with Crippen molar-refractivity contribution in [3.63, 3.8) is 0 Å². The van der Waals surface area contributed by atoms with Gasteiger partial charge >= 0.3 is 0 Å². The number of hydrogen-bond acceptors (Lipinski definition) is 2. The van der Waals surface area contributed by atoms with Crippen LogP contribution in [0.1, 0.15) is 5.82 Å². The molecular formula is C27H19N3. The minimum absolute atomic E-state index is 0.785. The molecule has 142 valence electrons. The number of hydrogen-bond donors (Lipinski definition) is 0. The van der Waals surface area contributed by atoms with E-state index in [9.17, 15) is 0 Å². The van der Waals surface area contributed by atoms with Gasteiger partial charge in [0.05, 0.1) is 22.2 Å². The van der Waals surface area contributed by atoms with Gasteiger partial charge in [-0.25, -0.2) is 9.97 Å². The summed E-state index contributed by atoms with van der Waals surface area (Å²) < 4.78 is 2.34. The highest BCUT2D eigenvalue weighted by Crippen LogP contribution is 2.39. The Bertz CT molecular complexity index is 1550. The Morgan fingerprint density at radius 3 is 2.17 bits per heavy atom. The van der Waals surface area contributed by atoms with Crippen LogP contribution in [0.5, 0.6) is 0 Å². The summed E-state index contributed by atoms with van der Waals surface area (Å²) >= 11 is 0. The van der Waals surface area contributed by atoms with Crippen LogP contribution in [-0.2, 0) is 0 Å². The van der Waals surface area contributed by atoms with E-state index in [4.69, 9.17) is 4.98 Å². The van der Waals surface area contributed by atoms with E-state index in [1.165, 1.54) is 21.8 Å². The smallest absolute Gasteiger partial charge is 0.126 e. The number of para-hydroxylation sites is 3. The average Bonchev–Trinajstić information content (AvgIpc) is 3.13. The molecule has 0 amide bonds. The molecule has 2 aromatic heterocycles. The molecule has 0 saturated carbocycles. The van der Waals surface area contributed by atoms with Crippen LogP contribution in [0.4, 0.5) is 0 Å². The molecule has 0 bridgehead atoms. The fourth-order valence-corrected chi connectivity index (χ4v) is 4.47. The first-order chi connectivity index (χ1) is 14.8. The zero-order valence-electron chi connectivity index (χ0n) is 16.6. The molecule has 30 heavy (non-hydrogen) atoms. The van der Waals surface area contributed by atoms with E-state index in [2.05, 4.69) is 101 Å². The van der Waals surface area contributed by atoms with Crippen LogP contribution in [0.3, 0.4) is 0 Å². The lowest BCUT2D eigenvalue weighted by Gasteiger charge is -2.10. The van der Waals surface area contributed by atoms with Crippen molar-refractivity contribution in [3.05, 3.63) is 103 Å². The second-order valence-corrected chi connectivity index (χ2v) is 7.52. The van der Waals surface area contributed by atoms with Crippen molar-refractivity contribution in [2.75, 3.05) is 0 Å². The molecule has 0 saturated heterocycles. The molecular weight excluding hydrogens is 366 g/mol. The van der Waals surface area contributed by atoms with Crippen LogP contribution in [-0.4, -0.2) is 14.5 Å². The number of fused-ring (bicyclic) bond motifs is 4. The van der Waals surface area contributed by atoms with Gasteiger partial charge in [0, 0.05) is 27.4 Å². The molecule has 3 nitrogen and oxygen atoms in total. The summed E-state index contributed by atoms with van der Waals surface area (Å²) in [6.45, 7) is 1.96. The maximum absolute atomic E-state index is 4.89. The van der Waals surface area contributed by atoms with E-state index in [0.29, 0.717) is 0 Å². The summed E-state index contributed by atoms with van der Waals surface area (Å²) in [5, 5.41) is 3.53. The summed E-state index contributed by atoms with van der Waals surface area (Å²) in [7, 11) is 0. The Labute approximate surface area is 174 Å². The van der Waals surface area contributed by atoms with E-state index in [-0.39, 0.29) is 0 Å². The van der Waals surface area contributed by atoms with Gasteiger partial charge in [-0.15, -0.1) is 0 Å². The number of rotatable bonds is 2. The van der Waals surface area contributed by atoms with Crippen LogP contribution in [0.25, 0.3) is 49.7 Å². The molecule has 0 aliphatic rings. The van der Waals surface area contributed by atoms with Gasteiger partial charge in [0.15, 0.2) is 0 Å². The highest BCUT2D eigenvalue weighted by atomic mass is 15.0. The number of aryl methyl sites for hydroxylation is 1.